The number of rotatable bonds is 6. The molecule has 0 atom stereocenters. The van der Waals surface area contributed by atoms with Crippen molar-refractivity contribution in [2.24, 2.45) is 10.9 Å². The van der Waals surface area contributed by atoms with E-state index in [4.69, 9.17) is 0 Å². The molecule has 0 radical (unpaired) electrons. The topological polar surface area (TPSA) is 42.9 Å². The molecule has 1 aromatic carbocycles. The molecule has 2 aromatic rings. The summed E-state index contributed by atoms with van der Waals surface area (Å²) in [5, 5.41) is 10.7. The quantitative estimate of drug-likeness (QED) is 0.520. The Morgan fingerprint density at radius 2 is 1.71 bits per heavy atom. The summed E-state index contributed by atoms with van der Waals surface area (Å²) >= 11 is 1.83. The van der Waals surface area contributed by atoms with Gasteiger partial charge in [-0.25, -0.2) is 0 Å². The van der Waals surface area contributed by atoms with E-state index in [0.717, 1.165) is 50.9 Å². The average Bonchev–Trinajstić information content (AvgIpc) is 3.34. The zero-order valence-corrected chi connectivity index (χ0v) is 19.8. The first kappa shape index (κ1) is 22.2. The third-order valence-corrected chi connectivity index (χ3v) is 7.57. The number of thiophene rings is 1. The summed E-state index contributed by atoms with van der Waals surface area (Å²) < 4.78 is 0. The summed E-state index contributed by atoms with van der Waals surface area (Å²) in [6.07, 6.45) is 4.95. The molecule has 1 aromatic heterocycles. The maximum Gasteiger partial charge on any atom is 0.191 e. The lowest BCUT2D eigenvalue weighted by molar-refractivity contribution is 0.185. The Hall–Kier alpha value is -2.05. The molecule has 31 heavy (non-hydrogen) atoms. The molecule has 0 saturated carbocycles. The fourth-order valence-corrected chi connectivity index (χ4v) is 5.29. The van der Waals surface area contributed by atoms with Crippen molar-refractivity contribution in [2.75, 3.05) is 38.1 Å². The van der Waals surface area contributed by atoms with E-state index in [-0.39, 0.29) is 0 Å². The van der Waals surface area contributed by atoms with Crippen LogP contribution in [0, 0.1) is 5.92 Å². The van der Waals surface area contributed by atoms with Crippen molar-refractivity contribution in [2.45, 2.75) is 51.7 Å². The Labute approximate surface area is 191 Å². The summed E-state index contributed by atoms with van der Waals surface area (Å²) in [6.45, 7) is 8.93. The van der Waals surface area contributed by atoms with E-state index >= 15 is 0 Å². The van der Waals surface area contributed by atoms with Crippen molar-refractivity contribution in [1.82, 2.24) is 15.5 Å². The van der Waals surface area contributed by atoms with Gasteiger partial charge in [-0.3, -0.25) is 9.89 Å². The zero-order valence-electron chi connectivity index (χ0n) is 19.0. The molecule has 2 saturated heterocycles. The maximum atomic E-state index is 4.44. The van der Waals surface area contributed by atoms with Crippen molar-refractivity contribution in [3.05, 3.63) is 52.9 Å². The summed E-state index contributed by atoms with van der Waals surface area (Å²) in [7, 11) is 1.86. The van der Waals surface area contributed by atoms with Crippen LogP contribution in [0.1, 0.15) is 43.7 Å². The standard InChI is InChI=1S/C25H37N5S/c1-20-9-13-29(14-10-20)19-22-7-5-21(6-8-22)18-27-25(26-2)28-23-11-15-30(16-12-23)24-4-3-17-31-24/h3-8,17,20,23H,9-16,18-19H2,1-2H3,(H2,26,27,28). The van der Waals surface area contributed by atoms with E-state index in [1.165, 1.54) is 42.1 Å². The molecule has 0 bridgehead atoms. The number of hydrogen-bond acceptors (Lipinski definition) is 4. The van der Waals surface area contributed by atoms with Gasteiger partial charge in [0, 0.05) is 39.3 Å². The molecule has 0 amide bonds. The largest absolute Gasteiger partial charge is 0.363 e. The van der Waals surface area contributed by atoms with Crippen molar-refractivity contribution < 1.29 is 0 Å². The molecule has 2 N–H and O–H groups in total. The minimum Gasteiger partial charge on any atom is -0.363 e. The summed E-state index contributed by atoms with van der Waals surface area (Å²) in [5.74, 6) is 1.79. The van der Waals surface area contributed by atoms with Gasteiger partial charge in [-0.05, 0) is 73.3 Å². The van der Waals surface area contributed by atoms with E-state index in [1.54, 1.807) is 0 Å². The highest BCUT2D eigenvalue weighted by Crippen LogP contribution is 2.24. The second-order valence-corrected chi connectivity index (χ2v) is 9.98. The first-order valence-electron chi connectivity index (χ1n) is 11.8. The third kappa shape index (κ3) is 6.47. The number of nitrogens with one attached hydrogen (secondary N) is 2. The van der Waals surface area contributed by atoms with Gasteiger partial charge in [0.05, 0.1) is 5.00 Å². The Kier molecular flexibility index (Phi) is 7.86. The maximum absolute atomic E-state index is 4.44. The van der Waals surface area contributed by atoms with E-state index in [0.29, 0.717) is 6.04 Å². The number of guanidine groups is 1. The molecule has 0 spiro atoms. The highest BCUT2D eigenvalue weighted by molar-refractivity contribution is 7.14. The molecule has 0 unspecified atom stereocenters. The van der Waals surface area contributed by atoms with Crippen LogP contribution in [0.15, 0.2) is 46.8 Å². The van der Waals surface area contributed by atoms with E-state index in [2.05, 4.69) is 74.1 Å². The van der Waals surface area contributed by atoms with Gasteiger partial charge in [-0.1, -0.05) is 31.2 Å². The number of anilines is 1. The Morgan fingerprint density at radius 1 is 1.00 bits per heavy atom. The van der Waals surface area contributed by atoms with Crippen LogP contribution in [0.5, 0.6) is 0 Å². The highest BCUT2D eigenvalue weighted by Gasteiger charge is 2.20. The van der Waals surface area contributed by atoms with Crippen LogP contribution in [0.2, 0.25) is 0 Å². The van der Waals surface area contributed by atoms with Crippen LogP contribution in [0.3, 0.4) is 0 Å². The van der Waals surface area contributed by atoms with Gasteiger partial charge in [0.1, 0.15) is 0 Å². The molecule has 0 aliphatic carbocycles. The number of hydrogen-bond donors (Lipinski definition) is 2. The Bertz CT molecular complexity index is 801. The lowest BCUT2D eigenvalue weighted by atomic mass is 9.99. The monoisotopic (exact) mass is 439 g/mol. The van der Waals surface area contributed by atoms with E-state index < -0.39 is 0 Å². The predicted octanol–water partition coefficient (Wildman–Crippen LogP) is 4.31. The lowest BCUT2D eigenvalue weighted by Crippen LogP contribution is -2.48. The Balaban J connectivity index is 1.19. The van der Waals surface area contributed by atoms with E-state index in [1.807, 2.05) is 18.4 Å². The molecule has 4 rings (SSSR count). The van der Waals surface area contributed by atoms with Gasteiger partial charge in [0.15, 0.2) is 5.96 Å². The van der Waals surface area contributed by atoms with Crippen LogP contribution < -0.4 is 15.5 Å². The van der Waals surface area contributed by atoms with Gasteiger partial charge in [-0.2, -0.15) is 0 Å². The SMILES string of the molecule is CN=C(NCc1ccc(CN2CCC(C)CC2)cc1)NC1CCN(c2cccs2)CC1. The number of aliphatic imine (C=N–C) groups is 1. The second-order valence-electron chi connectivity index (χ2n) is 9.06. The summed E-state index contributed by atoms with van der Waals surface area (Å²) in [6, 6.07) is 13.9. The van der Waals surface area contributed by atoms with Gasteiger partial charge in [0.25, 0.3) is 0 Å². The summed E-state index contributed by atoms with van der Waals surface area (Å²) in [5.41, 5.74) is 2.71. The normalized spacial score (nSPS) is 19.5. The van der Waals surface area contributed by atoms with Gasteiger partial charge < -0.3 is 15.5 Å². The second kappa shape index (κ2) is 11.0. The molecule has 2 aliphatic rings. The lowest BCUT2D eigenvalue weighted by Gasteiger charge is -2.33. The molecular formula is C25H37N5S. The van der Waals surface area contributed by atoms with Crippen molar-refractivity contribution in [1.29, 1.82) is 0 Å². The number of benzene rings is 1. The van der Waals surface area contributed by atoms with Gasteiger partial charge in [0.2, 0.25) is 0 Å². The first-order chi connectivity index (χ1) is 15.2. The predicted molar refractivity (Wildman–Crippen MR) is 133 cm³/mol. The average molecular weight is 440 g/mol. The van der Waals surface area contributed by atoms with Crippen molar-refractivity contribution >= 4 is 22.3 Å². The molecule has 2 aliphatic heterocycles. The first-order valence-corrected chi connectivity index (χ1v) is 12.6. The van der Waals surface area contributed by atoms with E-state index in [9.17, 15) is 0 Å². The Morgan fingerprint density at radius 3 is 2.35 bits per heavy atom. The molecular weight excluding hydrogens is 402 g/mol. The van der Waals surface area contributed by atoms with Crippen LogP contribution >= 0.6 is 11.3 Å². The van der Waals surface area contributed by atoms with Crippen LogP contribution in [0.25, 0.3) is 0 Å². The third-order valence-electron chi connectivity index (χ3n) is 6.64. The molecule has 5 nitrogen and oxygen atoms in total. The van der Waals surface area contributed by atoms with Crippen LogP contribution in [0.4, 0.5) is 5.00 Å². The number of piperidine rings is 2. The number of nitrogens with zero attached hydrogens (tertiary/aromatic N) is 3. The van der Waals surface area contributed by atoms with Crippen molar-refractivity contribution in [3.63, 3.8) is 0 Å². The van der Waals surface area contributed by atoms with Crippen LogP contribution in [-0.2, 0) is 13.1 Å². The minimum atomic E-state index is 0.483. The summed E-state index contributed by atoms with van der Waals surface area (Å²) in [4.78, 5) is 9.52. The van der Waals surface area contributed by atoms with Crippen LogP contribution in [-0.4, -0.2) is 50.1 Å². The fraction of sp³-hybridized carbons (Fsp3) is 0.560. The van der Waals surface area contributed by atoms with Gasteiger partial charge in [-0.15, -0.1) is 11.3 Å². The zero-order chi connectivity index (χ0) is 21.5. The molecule has 168 valence electrons. The number of likely N-dealkylation sites (tertiary alicyclic amines) is 1. The minimum absolute atomic E-state index is 0.483. The molecule has 2 fully saturated rings. The fourth-order valence-electron chi connectivity index (χ4n) is 4.51. The van der Waals surface area contributed by atoms with Crippen molar-refractivity contribution in [3.8, 4) is 0 Å². The highest BCUT2D eigenvalue weighted by atomic mass is 32.1. The molecule has 6 heteroatoms. The van der Waals surface area contributed by atoms with Gasteiger partial charge >= 0.3 is 0 Å². The smallest absolute Gasteiger partial charge is 0.191 e. The molecule has 3 heterocycles.